The third-order valence-electron chi connectivity index (χ3n) is 15.5. The smallest absolute Gasteiger partial charge is 0.376 e. The highest BCUT2D eigenvalue weighted by Crippen LogP contribution is 2.61. The number of nitrogen functional groups attached to an aromatic ring is 1. The highest BCUT2D eigenvalue weighted by Gasteiger charge is 2.46. The normalized spacial score (nSPS) is 12.8. The molecule has 11 N–H and O–H groups in total. The van der Waals surface area contributed by atoms with Crippen LogP contribution in [0.5, 0.6) is 0 Å². The summed E-state index contributed by atoms with van der Waals surface area (Å²) in [5.41, 5.74) is 27.3. The topological polar surface area (TPSA) is 479 Å². The largest absolute Gasteiger partial charge is 0.481 e. The van der Waals surface area contributed by atoms with Crippen molar-refractivity contribution >= 4 is 234 Å². The number of nitriles is 1. The maximum absolute atomic E-state index is 13.0. The molecule has 2 saturated carbocycles. The summed E-state index contributed by atoms with van der Waals surface area (Å²) >= 11 is 56.0. The van der Waals surface area contributed by atoms with Gasteiger partial charge in [-0.1, -0.05) is 88.6 Å². The van der Waals surface area contributed by atoms with Gasteiger partial charge in [0.2, 0.25) is 34.2 Å². The number of carbonyl (C=O) groups excluding carboxylic acids is 2. The second-order valence-electron chi connectivity index (χ2n) is 23.9. The Morgan fingerprint density at radius 1 is 0.652 bits per heavy atom. The van der Waals surface area contributed by atoms with Crippen LogP contribution < -0.4 is 28.1 Å². The molecule has 0 aliphatic heterocycles. The number of aromatic nitrogens is 11. The molecular weight excluding hydrogens is 1760 g/mol. The number of carboxylic acid groups (broad SMARTS) is 1. The first-order valence-electron chi connectivity index (χ1n) is 32.5. The number of nitrogens with one attached hydrogen (secondary N) is 3. The Balaban J connectivity index is 0.000000457. The number of nitrogens with two attached hydrogens (primary N) is 3. The minimum Gasteiger partial charge on any atom is -0.481 e. The molecular formula is C69H77Cl10F5N17O13P. The van der Waals surface area contributed by atoms with E-state index in [-0.39, 0.29) is 90.8 Å². The monoisotopic (exact) mass is 1830 g/mol. The number of hydrogen-bond donors (Lipinski definition) is 8. The van der Waals surface area contributed by atoms with E-state index < -0.39 is 41.6 Å². The second-order valence-corrected chi connectivity index (χ2v) is 33.1. The van der Waals surface area contributed by atoms with Gasteiger partial charge in [0.05, 0.1) is 112 Å². The number of alkyl halides is 4. The summed E-state index contributed by atoms with van der Waals surface area (Å²) in [5, 5.41) is 35.8. The molecule has 12 aromatic heterocycles. The third-order valence-corrected chi connectivity index (χ3v) is 18.8. The molecule has 12 heterocycles. The summed E-state index contributed by atoms with van der Waals surface area (Å²) in [5.74, 6) is -6.64. The Morgan fingerprint density at radius 2 is 1.02 bits per heavy atom. The number of halogens is 15. The number of aromatic amines is 1. The SMILES string of the molecule is C.CC(=O)O.CCOC(=O)CO.CCOC(=O)c1oc2nc(C)c(Cl)c(C)c2c1N.Cc1nc(Cl)c(C#N)c(C)c1Cl.Cc1nc2oc3c(=O)[nH]cnc3c2c(C)c1Cl.Cc1nc2oc3c(Cl)ncnc3c2c(C)c1Cl.Cc1nc2oc3c(NC4CC(F)(F)C4)ncnc3c2c(C)c1Cl.F.N=CN.NC1CC(F)(F)C1.O=P(Cl)(Cl)Cl.[2HH]. The molecule has 0 amide bonds. The number of nitrogens with zero attached hydrogens (tertiary/aromatic N) is 11. The Morgan fingerprint density at radius 3 is 1.40 bits per heavy atom. The highest BCUT2D eigenvalue weighted by molar-refractivity contribution is 8.24. The van der Waals surface area contributed by atoms with Crippen molar-refractivity contribution in [3.63, 3.8) is 0 Å². The van der Waals surface area contributed by atoms with Crippen molar-refractivity contribution in [1.82, 2.24) is 54.8 Å². The minimum absolute atomic E-state index is 0. The van der Waals surface area contributed by atoms with Crippen molar-refractivity contribution in [2.75, 3.05) is 30.9 Å². The number of ether oxygens (including phenoxy) is 2. The van der Waals surface area contributed by atoms with Crippen LogP contribution in [-0.2, 0) is 23.6 Å². The zero-order chi connectivity index (χ0) is 85.4. The van der Waals surface area contributed by atoms with Gasteiger partial charge in [0, 0.05) is 46.1 Å². The quantitative estimate of drug-likeness (QED) is 0.0146. The van der Waals surface area contributed by atoms with Gasteiger partial charge in [-0.15, -0.1) is 0 Å². The van der Waals surface area contributed by atoms with Crippen molar-refractivity contribution in [3.8, 4) is 6.07 Å². The van der Waals surface area contributed by atoms with Crippen molar-refractivity contribution < 1.29 is 80.0 Å². The fraction of sp³-hybridized carbons (Fsp3) is 0.362. The molecule has 14 rings (SSSR count). The predicted molar refractivity (Wildman–Crippen MR) is 440 cm³/mol. The van der Waals surface area contributed by atoms with E-state index in [2.05, 4.69) is 104 Å². The van der Waals surface area contributed by atoms with Crippen LogP contribution in [-0.4, -0.2) is 133 Å². The van der Waals surface area contributed by atoms with Gasteiger partial charge in [0.15, 0.2) is 22.1 Å². The zero-order valence-electron chi connectivity index (χ0n) is 62.1. The van der Waals surface area contributed by atoms with E-state index >= 15 is 0 Å². The standard InChI is InChI=1S/C15H13ClF2N4O.C12H13ClN2O3.C11H7Cl2N3O.C11H8ClN3O2.C8H6Cl2N2.C4H7F2N.C4H8O3.C2H4O2.CH4N2.CH4.Cl3OP.FH.H2/c1-6-9-11-12(23-14(9)21-7(2)10(6)16)13(20-5-19-11)22-8-3-15(17,18)4-8;1-4-17-12(16)10-9(14)7-5(2)8(13)6(3)15-11(7)18-10;1-4-6-8-9(10(13)15-3-14-8)17-11(6)16-5(2)7(4)12;1-4-6-8-9(10(16)14-3-13-8)17-11(6)15-5(2)7(4)12;1-4-6(3-11)8(10)12-5(2)7(4)9;5-4(6)1-3(7)2-4;1-2-7-4(6)3-5;1-2(3)4;2-1-3;;1-5(2,3)4;;/h5,8H,3-4H2,1-2H3,(H,19,20,22);4,14H2,1-3H3;3H,1-2H3;3H,1-2H3,(H,13,14,16);1-2H3;3H,1-2,7H2;5H,2-3H2,1H3;1H3,(H,3,4);1H,(H3,2,3);1H4;;2*1H/i;;;;;;;;;;;;1+1. The van der Waals surface area contributed by atoms with Gasteiger partial charge in [-0.25, -0.2) is 77.0 Å². The number of pyridine rings is 5. The first-order chi connectivity index (χ1) is 52.6. The highest BCUT2D eigenvalue weighted by atomic mass is 36.0. The number of aliphatic hydroxyl groups excluding tert-OH is 1. The molecule has 2 fully saturated rings. The van der Waals surface area contributed by atoms with Crippen molar-refractivity contribution in [3.05, 3.63) is 132 Å². The van der Waals surface area contributed by atoms with E-state index in [0.717, 1.165) is 52.0 Å². The number of aliphatic carboxylic acids is 1. The van der Waals surface area contributed by atoms with Crippen LogP contribution >= 0.6 is 120 Å². The van der Waals surface area contributed by atoms with Gasteiger partial charge in [-0.05, 0) is 145 Å². The summed E-state index contributed by atoms with van der Waals surface area (Å²) in [7, 11) is 0. The average Bonchev–Trinajstić information content (AvgIpc) is 1.62. The van der Waals surface area contributed by atoms with Gasteiger partial charge < -0.3 is 64.9 Å². The predicted octanol–water partition coefficient (Wildman–Crippen LogP) is 19.8. The number of esters is 2. The van der Waals surface area contributed by atoms with Crippen LogP contribution in [0, 0.1) is 86.0 Å². The van der Waals surface area contributed by atoms with E-state index in [1.165, 1.54) is 19.0 Å². The van der Waals surface area contributed by atoms with Crippen LogP contribution in [0.2, 0.25) is 35.4 Å². The minimum atomic E-state index is -3.22. The van der Waals surface area contributed by atoms with Gasteiger partial charge in [0.25, 0.3) is 23.4 Å². The van der Waals surface area contributed by atoms with E-state index in [1.807, 2.05) is 33.8 Å². The van der Waals surface area contributed by atoms with Crippen LogP contribution in [0.25, 0.3) is 77.7 Å². The molecule has 626 valence electrons. The van der Waals surface area contributed by atoms with Crippen molar-refractivity contribution in [2.45, 2.75) is 147 Å². The number of carbonyl (C=O) groups is 3. The average molecular weight is 1830 g/mol. The molecule has 115 heavy (non-hydrogen) atoms. The molecule has 0 aromatic carbocycles. The van der Waals surface area contributed by atoms with E-state index in [0.29, 0.717) is 133 Å². The number of aryl methyl sites for hydroxylation is 9. The molecule has 12 aromatic rings. The van der Waals surface area contributed by atoms with Crippen molar-refractivity contribution in [1.29, 1.82) is 10.7 Å². The van der Waals surface area contributed by atoms with E-state index in [1.54, 1.807) is 55.4 Å². The number of hydrogen-bond acceptors (Lipinski definition) is 27. The number of H-pyrrole nitrogens is 1. The van der Waals surface area contributed by atoms with E-state index in [4.69, 9.17) is 141 Å². The summed E-state index contributed by atoms with van der Waals surface area (Å²) in [6, 6.07) is 1.39. The molecule has 0 bridgehead atoms. The summed E-state index contributed by atoms with van der Waals surface area (Å²) in [6.45, 7) is 22.7. The lowest BCUT2D eigenvalue weighted by molar-refractivity contribution is -0.146. The Labute approximate surface area is 702 Å². The van der Waals surface area contributed by atoms with Gasteiger partial charge in [0.1, 0.15) is 47.0 Å². The van der Waals surface area contributed by atoms with Gasteiger partial charge >= 0.3 is 17.1 Å². The van der Waals surface area contributed by atoms with Crippen molar-refractivity contribution in [2.24, 2.45) is 11.5 Å². The Hall–Kier alpha value is -8.60. The maximum Gasteiger partial charge on any atom is 0.376 e. The second kappa shape index (κ2) is 43.6. The molecule has 0 saturated heterocycles. The van der Waals surface area contributed by atoms with E-state index in [9.17, 15) is 36.5 Å². The lowest BCUT2D eigenvalue weighted by Crippen LogP contribution is -2.45. The molecule has 0 atom stereocenters. The Kier molecular flexibility index (Phi) is 38.1. The number of anilines is 2. The summed E-state index contributed by atoms with van der Waals surface area (Å²) in [4.78, 5) is 86.1. The van der Waals surface area contributed by atoms with Gasteiger partial charge in [-0.2, -0.15) is 5.26 Å². The first-order valence-corrected chi connectivity index (χ1v) is 39.6. The molecule has 2 aliphatic carbocycles. The number of rotatable bonds is 6. The fourth-order valence-corrected chi connectivity index (χ4v) is 11.5. The van der Waals surface area contributed by atoms with Crippen LogP contribution in [0.4, 0.5) is 33.8 Å². The Bertz CT molecular complexity index is 5680. The molecule has 30 nitrogen and oxygen atoms in total. The fourth-order valence-electron chi connectivity index (χ4n) is 10.4. The lowest BCUT2D eigenvalue weighted by Gasteiger charge is -2.35. The summed E-state index contributed by atoms with van der Waals surface area (Å²) < 4.78 is 90.2. The molecule has 2 aliphatic rings. The molecule has 0 radical (unpaired) electrons. The number of furan rings is 4. The maximum atomic E-state index is 13.0. The number of carboxylic acids is 1. The van der Waals surface area contributed by atoms with Crippen LogP contribution in [0.3, 0.4) is 0 Å². The molecule has 46 heteroatoms. The van der Waals surface area contributed by atoms with Gasteiger partial charge in [-0.3, -0.25) is 24.3 Å². The lowest BCUT2D eigenvalue weighted by atomic mass is 9.88. The first kappa shape index (κ1) is 101. The molecule has 0 unspecified atom stereocenters. The zero-order valence-corrected chi connectivity index (χ0v) is 70.6. The number of fused-ring (bicyclic) bond motifs is 10. The van der Waals surface area contributed by atoms with Crippen LogP contribution in [0.1, 0.15) is 128 Å². The summed E-state index contributed by atoms with van der Waals surface area (Å²) in [6.07, 6.45) is 4.21. The van der Waals surface area contributed by atoms with Crippen LogP contribution in [0.15, 0.2) is 41.4 Å². The number of aliphatic hydroxyl groups is 1. The molecule has 0 spiro atoms. The third kappa shape index (κ3) is 26.2.